The average Bonchev–Trinajstić information content (AvgIpc) is 2.65. The van der Waals surface area contributed by atoms with Gasteiger partial charge < -0.3 is 19.6 Å². The number of amides is 1. The van der Waals surface area contributed by atoms with Gasteiger partial charge in [0.15, 0.2) is 18.1 Å². The topological polar surface area (TPSA) is 69.2 Å². The van der Waals surface area contributed by atoms with Crippen molar-refractivity contribution in [2.75, 3.05) is 25.6 Å². The van der Waals surface area contributed by atoms with Crippen LogP contribution in [0.4, 0.5) is 10.1 Å². The van der Waals surface area contributed by atoms with Gasteiger partial charge >= 0.3 is 0 Å². The van der Waals surface area contributed by atoms with Gasteiger partial charge in [-0.05, 0) is 48.9 Å². The molecule has 0 fully saturated rings. The smallest absolute Gasteiger partial charge is 0.265 e. The van der Waals surface area contributed by atoms with E-state index < -0.39 is 5.91 Å². The molecule has 0 radical (unpaired) electrons. The lowest BCUT2D eigenvalue weighted by molar-refractivity contribution is -0.120. The predicted molar refractivity (Wildman–Crippen MR) is 97.4 cm³/mol. The monoisotopic (exact) mass is 360 g/mol. The number of halogens is 1. The van der Waals surface area contributed by atoms with E-state index in [2.05, 4.69) is 10.5 Å². The molecule has 0 heterocycles. The maximum atomic E-state index is 12.8. The minimum Gasteiger partial charge on any atom is -0.493 e. The molecule has 1 amide bonds. The molecule has 2 rings (SSSR count). The first-order valence-electron chi connectivity index (χ1n) is 8.14. The normalized spacial score (nSPS) is 10.6. The van der Waals surface area contributed by atoms with Crippen LogP contribution in [0.5, 0.6) is 11.5 Å². The molecule has 2 aromatic rings. The SMILES string of the molecule is CCCOc1ccc(/C=N/OCC(=O)Nc2ccc(F)cc2)cc1OC. The van der Waals surface area contributed by atoms with Crippen molar-refractivity contribution in [3.63, 3.8) is 0 Å². The summed E-state index contributed by atoms with van der Waals surface area (Å²) in [6.45, 7) is 2.37. The Kier molecular flexibility index (Phi) is 7.42. The van der Waals surface area contributed by atoms with E-state index in [0.29, 0.717) is 23.8 Å². The second kappa shape index (κ2) is 10.0. The van der Waals surface area contributed by atoms with Crippen molar-refractivity contribution in [1.29, 1.82) is 0 Å². The molecule has 6 nitrogen and oxygen atoms in total. The van der Waals surface area contributed by atoms with Crippen LogP contribution >= 0.6 is 0 Å². The van der Waals surface area contributed by atoms with Gasteiger partial charge in [-0.15, -0.1) is 0 Å². The third-order valence-electron chi connectivity index (χ3n) is 3.25. The highest BCUT2D eigenvalue weighted by molar-refractivity contribution is 5.91. The number of oxime groups is 1. The fraction of sp³-hybridized carbons (Fsp3) is 0.263. The van der Waals surface area contributed by atoms with Crippen molar-refractivity contribution in [2.45, 2.75) is 13.3 Å². The van der Waals surface area contributed by atoms with Crippen molar-refractivity contribution in [1.82, 2.24) is 0 Å². The Balaban J connectivity index is 1.83. The summed E-state index contributed by atoms with van der Waals surface area (Å²) in [6, 6.07) is 10.8. The van der Waals surface area contributed by atoms with Gasteiger partial charge in [0.05, 0.1) is 19.9 Å². The molecule has 0 bridgehead atoms. The van der Waals surface area contributed by atoms with E-state index >= 15 is 0 Å². The van der Waals surface area contributed by atoms with Gasteiger partial charge in [-0.25, -0.2) is 4.39 Å². The Morgan fingerprint density at radius 2 is 1.96 bits per heavy atom. The van der Waals surface area contributed by atoms with E-state index in [1.807, 2.05) is 6.92 Å². The fourth-order valence-corrected chi connectivity index (χ4v) is 2.02. The van der Waals surface area contributed by atoms with Crippen LogP contribution in [0.2, 0.25) is 0 Å². The molecule has 0 aromatic heterocycles. The molecule has 0 unspecified atom stereocenters. The van der Waals surface area contributed by atoms with E-state index in [1.165, 1.54) is 30.5 Å². The van der Waals surface area contributed by atoms with Gasteiger partial charge in [-0.3, -0.25) is 4.79 Å². The highest BCUT2D eigenvalue weighted by Gasteiger charge is 2.05. The lowest BCUT2D eigenvalue weighted by atomic mass is 10.2. The average molecular weight is 360 g/mol. The number of rotatable bonds is 9. The number of nitrogens with zero attached hydrogens (tertiary/aromatic N) is 1. The maximum Gasteiger partial charge on any atom is 0.265 e. The molecular weight excluding hydrogens is 339 g/mol. The van der Waals surface area contributed by atoms with E-state index in [4.69, 9.17) is 14.3 Å². The van der Waals surface area contributed by atoms with Crippen LogP contribution in [0, 0.1) is 5.82 Å². The number of anilines is 1. The van der Waals surface area contributed by atoms with E-state index in [9.17, 15) is 9.18 Å². The third kappa shape index (κ3) is 6.08. The number of hydrogen-bond acceptors (Lipinski definition) is 5. The summed E-state index contributed by atoms with van der Waals surface area (Å²) in [4.78, 5) is 16.7. The molecule has 138 valence electrons. The van der Waals surface area contributed by atoms with Gasteiger partial charge in [0.1, 0.15) is 5.82 Å². The summed E-state index contributed by atoms with van der Waals surface area (Å²) in [6.07, 6.45) is 2.37. The zero-order valence-electron chi connectivity index (χ0n) is 14.7. The summed E-state index contributed by atoms with van der Waals surface area (Å²) in [5, 5.41) is 6.33. The first kappa shape index (κ1) is 19.2. The molecule has 0 saturated heterocycles. The zero-order chi connectivity index (χ0) is 18.8. The number of methoxy groups -OCH3 is 1. The quantitative estimate of drug-likeness (QED) is 0.548. The van der Waals surface area contributed by atoms with E-state index in [-0.39, 0.29) is 12.4 Å². The van der Waals surface area contributed by atoms with Crippen LogP contribution in [0.3, 0.4) is 0 Å². The van der Waals surface area contributed by atoms with Gasteiger partial charge in [0, 0.05) is 11.3 Å². The Morgan fingerprint density at radius 3 is 2.65 bits per heavy atom. The second-order valence-electron chi connectivity index (χ2n) is 5.32. The van der Waals surface area contributed by atoms with Gasteiger partial charge in [0.2, 0.25) is 0 Å². The number of hydrogen-bond donors (Lipinski definition) is 1. The van der Waals surface area contributed by atoms with Crippen LogP contribution in [-0.4, -0.2) is 32.4 Å². The van der Waals surface area contributed by atoms with Crippen molar-refractivity contribution in [3.8, 4) is 11.5 Å². The molecule has 1 N–H and O–H groups in total. The highest BCUT2D eigenvalue weighted by atomic mass is 19.1. The molecule has 2 aromatic carbocycles. The summed E-state index contributed by atoms with van der Waals surface area (Å²) < 4.78 is 23.7. The largest absolute Gasteiger partial charge is 0.493 e. The summed E-state index contributed by atoms with van der Waals surface area (Å²) in [5.74, 6) is 0.489. The van der Waals surface area contributed by atoms with Crippen LogP contribution in [0.25, 0.3) is 0 Å². The first-order valence-corrected chi connectivity index (χ1v) is 8.14. The van der Waals surface area contributed by atoms with Crippen molar-refractivity contribution >= 4 is 17.8 Å². The summed E-state index contributed by atoms with van der Waals surface area (Å²) >= 11 is 0. The molecule has 26 heavy (non-hydrogen) atoms. The van der Waals surface area contributed by atoms with E-state index in [0.717, 1.165) is 12.0 Å². The minimum absolute atomic E-state index is 0.261. The number of nitrogens with one attached hydrogen (secondary N) is 1. The lowest BCUT2D eigenvalue weighted by Gasteiger charge is -2.10. The minimum atomic E-state index is -0.394. The van der Waals surface area contributed by atoms with Crippen molar-refractivity contribution < 1.29 is 23.5 Å². The summed E-state index contributed by atoms with van der Waals surface area (Å²) in [7, 11) is 1.56. The van der Waals surface area contributed by atoms with Crippen LogP contribution in [-0.2, 0) is 9.63 Å². The standard InChI is InChI=1S/C19H21FN2O4/c1-3-10-25-17-9-4-14(11-18(17)24-2)12-21-26-13-19(23)22-16-7-5-15(20)6-8-16/h4-9,11-12H,3,10,13H2,1-2H3,(H,22,23)/b21-12+. The molecule has 0 spiro atoms. The Bertz CT molecular complexity index is 748. The molecule has 0 saturated carbocycles. The summed E-state index contributed by atoms with van der Waals surface area (Å²) in [5.41, 5.74) is 1.22. The van der Waals surface area contributed by atoms with Gasteiger partial charge in [-0.2, -0.15) is 0 Å². The molecule has 0 aliphatic rings. The van der Waals surface area contributed by atoms with Crippen molar-refractivity contribution in [3.05, 3.63) is 53.8 Å². The maximum absolute atomic E-state index is 12.8. The predicted octanol–water partition coefficient (Wildman–Crippen LogP) is 3.61. The first-order chi connectivity index (χ1) is 12.6. The number of ether oxygens (including phenoxy) is 2. The number of carbonyl (C=O) groups excluding carboxylic acids is 1. The second-order valence-corrected chi connectivity index (χ2v) is 5.32. The zero-order valence-corrected chi connectivity index (χ0v) is 14.7. The van der Waals surface area contributed by atoms with Crippen LogP contribution in [0.1, 0.15) is 18.9 Å². The third-order valence-corrected chi connectivity index (χ3v) is 3.25. The van der Waals surface area contributed by atoms with Crippen LogP contribution in [0.15, 0.2) is 47.6 Å². The Hall–Kier alpha value is -3.09. The highest BCUT2D eigenvalue weighted by Crippen LogP contribution is 2.27. The van der Waals surface area contributed by atoms with Crippen molar-refractivity contribution in [2.24, 2.45) is 5.16 Å². The fourth-order valence-electron chi connectivity index (χ4n) is 2.02. The molecule has 7 heteroatoms. The van der Waals surface area contributed by atoms with Gasteiger partial charge in [0.25, 0.3) is 5.91 Å². The Labute approximate surface area is 151 Å². The molecule has 0 atom stereocenters. The molecule has 0 aliphatic carbocycles. The molecular formula is C19H21FN2O4. The van der Waals surface area contributed by atoms with Crippen LogP contribution < -0.4 is 14.8 Å². The molecule has 0 aliphatic heterocycles. The van der Waals surface area contributed by atoms with Gasteiger partial charge in [-0.1, -0.05) is 12.1 Å². The number of carbonyl (C=O) groups is 1. The Morgan fingerprint density at radius 1 is 1.19 bits per heavy atom. The van der Waals surface area contributed by atoms with E-state index in [1.54, 1.807) is 25.3 Å². The lowest BCUT2D eigenvalue weighted by Crippen LogP contribution is -2.16. The number of benzene rings is 2.